The van der Waals surface area contributed by atoms with Crippen LogP contribution in [0.15, 0.2) is 4.90 Å². The Hall–Kier alpha value is -1.77. The number of carbonyl (C=O) groups excluding carboxylic acids is 1. The molecule has 0 saturated heterocycles. The molecule has 130 valence electrons. The van der Waals surface area contributed by atoms with Gasteiger partial charge < -0.3 is 4.74 Å². The summed E-state index contributed by atoms with van der Waals surface area (Å²) in [5, 5.41) is 0. The molecule has 0 atom stereocenters. The van der Waals surface area contributed by atoms with Gasteiger partial charge in [0.15, 0.2) is 33.9 Å². The zero-order chi connectivity index (χ0) is 18.2. The maximum absolute atomic E-state index is 13.5. The molecule has 0 spiro atoms. The molecule has 1 rings (SSSR count). The van der Waals surface area contributed by atoms with Crippen molar-refractivity contribution in [2.75, 3.05) is 5.75 Å². The summed E-state index contributed by atoms with van der Waals surface area (Å²) in [5.74, 6) is -12.8. The van der Waals surface area contributed by atoms with Gasteiger partial charge in [0.05, 0.1) is 5.56 Å². The lowest BCUT2D eigenvalue weighted by Crippen LogP contribution is -2.19. The molecular formula is C9H6F4O8S2. The predicted octanol–water partition coefficient (Wildman–Crippen LogP) is 0.421. The molecule has 0 aliphatic rings. The van der Waals surface area contributed by atoms with Crippen LogP contribution in [-0.4, -0.2) is 37.7 Å². The lowest BCUT2D eigenvalue weighted by atomic mass is 10.2. The van der Waals surface area contributed by atoms with Crippen LogP contribution >= 0.6 is 0 Å². The second-order valence-corrected chi connectivity index (χ2v) is 6.74. The van der Waals surface area contributed by atoms with E-state index in [1.807, 2.05) is 0 Å². The molecule has 0 radical (unpaired) electrons. The molecule has 0 saturated carbocycles. The van der Waals surface area contributed by atoms with Crippen molar-refractivity contribution in [3.63, 3.8) is 0 Å². The van der Waals surface area contributed by atoms with Crippen LogP contribution in [0.5, 0.6) is 0 Å². The van der Waals surface area contributed by atoms with Gasteiger partial charge in [-0.3, -0.25) is 13.9 Å². The van der Waals surface area contributed by atoms with Crippen molar-refractivity contribution in [3.8, 4) is 0 Å². The monoisotopic (exact) mass is 382 g/mol. The van der Waals surface area contributed by atoms with E-state index in [2.05, 4.69) is 4.74 Å². The van der Waals surface area contributed by atoms with E-state index in [4.69, 9.17) is 9.11 Å². The Morgan fingerprint density at radius 1 is 0.913 bits per heavy atom. The number of hydrogen-bond acceptors (Lipinski definition) is 6. The topological polar surface area (TPSA) is 135 Å². The Balaban J connectivity index is 3.23. The first-order valence-electron chi connectivity index (χ1n) is 5.18. The third kappa shape index (κ3) is 4.60. The highest BCUT2D eigenvalue weighted by molar-refractivity contribution is 7.86. The van der Waals surface area contributed by atoms with E-state index in [9.17, 15) is 39.2 Å². The van der Waals surface area contributed by atoms with E-state index >= 15 is 0 Å². The van der Waals surface area contributed by atoms with Crippen molar-refractivity contribution in [3.05, 3.63) is 28.8 Å². The van der Waals surface area contributed by atoms with Gasteiger partial charge in [-0.1, -0.05) is 0 Å². The first-order valence-corrected chi connectivity index (χ1v) is 8.23. The molecule has 0 unspecified atom stereocenters. The molecule has 8 nitrogen and oxygen atoms in total. The highest BCUT2D eigenvalue weighted by Crippen LogP contribution is 2.27. The molecule has 0 amide bonds. The van der Waals surface area contributed by atoms with Crippen molar-refractivity contribution in [2.24, 2.45) is 0 Å². The highest BCUT2D eigenvalue weighted by atomic mass is 32.2. The Labute approximate surface area is 126 Å². The summed E-state index contributed by atoms with van der Waals surface area (Å²) in [7, 11) is -10.4. The maximum Gasteiger partial charge on any atom is 0.323 e. The molecule has 14 heteroatoms. The second kappa shape index (κ2) is 6.38. The lowest BCUT2D eigenvalue weighted by Gasteiger charge is -2.10. The molecule has 1 aromatic rings. The zero-order valence-corrected chi connectivity index (χ0v) is 12.2. The second-order valence-electron chi connectivity index (χ2n) is 3.93. The van der Waals surface area contributed by atoms with E-state index in [0.717, 1.165) is 0 Å². The summed E-state index contributed by atoms with van der Waals surface area (Å²) < 4.78 is 117. The smallest absolute Gasteiger partial charge is 0.323 e. The summed E-state index contributed by atoms with van der Waals surface area (Å²) in [6, 6.07) is 0. The van der Waals surface area contributed by atoms with Crippen molar-refractivity contribution in [1.82, 2.24) is 0 Å². The van der Waals surface area contributed by atoms with Gasteiger partial charge in [0, 0.05) is 0 Å². The maximum atomic E-state index is 13.5. The molecule has 2 N–H and O–H groups in total. The molecule has 0 aliphatic heterocycles. The fourth-order valence-electron chi connectivity index (χ4n) is 1.35. The number of ether oxygens (including phenoxy) is 1. The van der Waals surface area contributed by atoms with Gasteiger partial charge in [0.1, 0.15) is 6.61 Å². The predicted molar refractivity (Wildman–Crippen MR) is 62.3 cm³/mol. The average molecular weight is 382 g/mol. The lowest BCUT2D eigenvalue weighted by molar-refractivity contribution is -0.142. The van der Waals surface area contributed by atoms with E-state index in [0.29, 0.717) is 0 Å². The Morgan fingerprint density at radius 3 is 1.70 bits per heavy atom. The van der Waals surface area contributed by atoms with Crippen molar-refractivity contribution in [1.29, 1.82) is 0 Å². The van der Waals surface area contributed by atoms with E-state index < -0.39 is 72.3 Å². The normalized spacial score (nSPS) is 12.3. The third-order valence-corrected chi connectivity index (χ3v) is 3.72. The number of carbonyl (C=O) groups is 1. The molecule has 0 aliphatic carbocycles. The molecular weight excluding hydrogens is 376 g/mol. The van der Waals surface area contributed by atoms with Gasteiger partial charge in [0.25, 0.3) is 10.1 Å². The number of esters is 1. The van der Waals surface area contributed by atoms with Gasteiger partial charge in [-0.2, -0.15) is 16.8 Å². The van der Waals surface area contributed by atoms with Crippen LogP contribution in [0.25, 0.3) is 0 Å². The van der Waals surface area contributed by atoms with Gasteiger partial charge in [-0.25, -0.2) is 17.6 Å². The fraction of sp³-hybridized carbons (Fsp3) is 0.222. The van der Waals surface area contributed by atoms with Crippen molar-refractivity contribution in [2.45, 2.75) is 11.5 Å². The van der Waals surface area contributed by atoms with Gasteiger partial charge >= 0.3 is 16.1 Å². The zero-order valence-electron chi connectivity index (χ0n) is 10.6. The van der Waals surface area contributed by atoms with Crippen LogP contribution in [0.1, 0.15) is 5.56 Å². The fourth-order valence-corrected chi connectivity index (χ4v) is 2.37. The van der Waals surface area contributed by atoms with E-state index in [-0.39, 0.29) is 0 Å². The Kier molecular flexibility index (Phi) is 5.35. The number of rotatable bonds is 5. The van der Waals surface area contributed by atoms with Crippen LogP contribution in [-0.2, 0) is 36.4 Å². The van der Waals surface area contributed by atoms with Gasteiger partial charge in [-0.15, -0.1) is 0 Å². The summed E-state index contributed by atoms with van der Waals surface area (Å²) in [6.45, 7) is -1.51. The van der Waals surface area contributed by atoms with Crippen molar-refractivity contribution >= 4 is 26.2 Å². The largest absolute Gasteiger partial charge is 0.460 e. The van der Waals surface area contributed by atoms with Crippen LogP contribution in [0.2, 0.25) is 0 Å². The van der Waals surface area contributed by atoms with E-state index in [1.165, 1.54) is 0 Å². The standard InChI is InChI=1S/C9H6F4O8S2/c10-5-3(1-21-4(14)2-22(15,16)17)6(11)8(13)9(7(5)12)23(18,19)20/h1-2H2,(H,15,16,17)(H,18,19,20). The quantitative estimate of drug-likeness (QED) is 0.324. The van der Waals surface area contributed by atoms with Crippen molar-refractivity contribution < 1.29 is 53.0 Å². The van der Waals surface area contributed by atoms with E-state index in [1.54, 1.807) is 0 Å². The van der Waals surface area contributed by atoms with Crippen LogP contribution in [0, 0.1) is 23.3 Å². The first-order chi connectivity index (χ1) is 10.3. The highest BCUT2D eigenvalue weighted by Gasteiger charge is 2.32. The average Bonchev–Trinajstić information content (AvgIpc) is 2.32. The Bertz CT molecular complexity index is 833. The minimum Gasteiger partial charge on any atom is -0.460 e. The molecule has 23 heavy (non-hydrogen) atoms. The van der Waals surface area contributed by atoms with Gasteiger partial charge in [-0.05, 0) is 0 Å². The SMILES string of the molecule is O=C(CS(=O)(=O)O)OCc1c(F)c(F)c(S(=O)(=O)O)c(F)c1F. The Morgan fingerprint density at radius 2 is 1.35 bits per heavy atom. The molecule has 0 heterocycles. The summed E-state index contributed by atoms with van der Waals surface area (Å²) >= 11 is 0. The summed E-state index contributed by atoms with van der Waals surface area (Å²) in [6.07, 6.45) is 0. The first kappa shape index (κ1) is 19.3. The minimum atomic E-state index is -5.63. The molecule has 0 fully saturated rings. The third-order valence-electron chi connectivity index (χ3n) is 2.25. The number of halogens is 4. The molecule has 0 aromatic heterocycles. The summed E-state index contributed by atoms with van der Waals surface area (Å²) in [4.78, 5) is 8.64. The van der Waals surface area contributed by atoms with Crippen LogP contribution < -0.4 is 0 Å². The molecule has 0 bridgehead atoms. The number of benzene rings is 1. The van der Waals surface area contributed by atoms with Crippen LogP contribution in [0.3, 0.4) is 0 Å². The van der Waals surface area contributed by atoms with Crippen LogP contribution in [0.4, 0.5) is 17.6 Å². The summed E-state index contributed by atoms with van der Waals surface area (Å²) in [5.41, 5.74) is -1.57. The number of hydrogen-bond donors (Lipinski definition) is 2. The molecule has 1 aromatic carbocycles. The van der Waals surface area contributed by atoms with Gasteiger partial charge in [0.2, 0.25) is 0 Å². The minimum absolute atomic E-state index is 1.51.